The fourth-order valence-electron chi connectivity index (χ4n) is 6.79. The largest absolute Gasteiger partial charge is 0.352 e. The van der Waals surface area contributed by atoms with Crippen molar-refractivity contribution in [2.75, 3.05) is 11.9 Å². The van der Waals surface area contributed by atoms with Crippen molar-refractivity contribution in [3.63, 3.8) is 0 Å². The van der Waals surface area contributed by atoms with Gasteiger partial charge in [0.2, 0.25) is 5.91 Å². The molecule has 0 radical (unpaired) electrons. The molecule has 2 amide bonds. The molecule has 4 aromatic carbocycles. The van der Waals surface area contributed by atoms with Gasteiger partial charge in [0.25, 0.3) is 5.91 Å². The first kappa shape index (κ1) is 27.6. The molecule has 43 heavy (non-hydrogen) atoms. The third-order valence-electron chi connectivity index (χ3n) is 8.91. The van der Waals surface area contributed by atoms with Gasteiger partial charge < -0.3 is 10.6 Å². The van der Waals surface area contributed by atoms with Crippen LogP contribution in [0.5, 0.6) is 0 Å². The van der Waals surface area contributed by atoms with Crippen LogP contribution in [0.3, 0.4) is 0 Å². The average Bonchev–Trinajstić information content (AvgIpc) is 3.50. The molecule has 1 heterocycles. The predicted octanol–water partition coefficient (Wildman–Crippen LogP) is 8.06. The van der Waals surface area contributed by atoms with E-state index >= 15 is 0 Å². The quantitative estimate of drug-likeness (QED) is 0.198. The van der Waals surface area contributed by atoms with Crippen molar-refractivity contribution in [1.29, 1.82) is 0 Å². The van der Waals surface area contributed by atoms with Crippen LogP contribution in [-0.4, -0.2) is 23.3 Å². The summed E-state index contributed by atoms with van der Waals surface area (Å²) in [5, 5.41) is 9.32. The van der Waals surface area contributed by atoms with Gasteiger partial charge in [0.05, 0.1) is 11.1 Å². The highest BCUT2D eigenvalue weighted by atomic mass is 35.5. The summed E-state index contributed by atoms with van der Waals surface area (Å²) in [4.78, 5) is 31.6. The lowest BCUT2D eigenvalue weighted by atomic mass is 9.52. The number of nitrogens with zero attached hydrogens (tertiary/aromatic N) is 1. The van der Waals surface area contributed by atoms with Crippen molar-refractivity contribution in [3.05, 3.63) is 141 Å². The van der Waals surface area contributed by atoms with Gasteiger partial charge in [-0.1, -0.05) is 84.4 Å². The summed E-state index contributed by atoms with van der Waals surface area (Å²) in [6, 6.07) is 32.2. The van der Waals surface area contributed by atoms with Crippen LogP contribution < -0.4 is 10.6 Å². The molecule has 7 heteroatoms. The molecular weight excluding hydrogens is 574 g/mol. The maximum absolute atomic E-state index is 14.0. The van der Waals surface area contributed by atoms with Crippen molar-refractivity contribution in [2.45, 2.75) is 31.6 Å². The Balaban J connectivity index is 1.06. The molecule has 3 aliphatic rings. The van der Waals surface area contributed by atoms with Gasteiger partial charge in [0, 0.05) is 39.9 Å². The van der Waals surface area contributed by atoms with E-state index in [1.165, 1.54) is 33.6 Å². The van der Waals surface area contributed by atoms with E-state index in [1.54, 1.807) is 6.07 Å². The molecule has 0 spiro atoms. The molecule has 5 nitrogen and oxygen atoms in total. The molecular formula is C36H30ClN3O2S. The van der Waals surface area contributed by atoms with Crippen molar-refractivity contribution >= 4 is 39.9 Å². The normalized spacial score (nSPS) is 19.8. The molecule has 0 aliphatic heterocycles. The van der Waals surface area contributed by atoms with Gasteiger partial charge in [-0.3, -0.25) is 9.59 Å². The van der Waals surface area contributed by atoms with Crippen LogP contribution in [0.2, 0.25) is 5.02 Å². The van der Waals surface area contributed by atoms with Gasteiger partial charge in [0.1, 0.15) is 0 Å². The number of amides is 2. The molecule has 214 valence electrons. The minimum Gasteiger partial charge on any atom is -0.352 e. The number of aromatic nitrogens is 1. The summed E-state index contributed by atoms with van der Waals surface area (Å²) in [5.41, 5.74) is 7.78. The molecule has 0 saturated carbocycles. The van der Waals surface area contributed by atoms with Crippen LogP contribution in [0.1, 0.15) is 63.4 Å². The number of rotatable bonds is 7. The summed E-state index contributed by atoms with van der Waals surface area (Å²) in [6.07, 6.45) is 1.47. The molecule has 2 bridgehead atoms. The van der Waals surface area contributed by atoms with Gasteiger partial charge in [0.15, 0.2) is 5.13 Å². The van der Waals surface area contributed by atoms with E-state index in [2.05, 4.69) is 66.1 Å². The summed E-state index contributed by atoms with van der Waals surface area (Å²) >= 11 is 7.36. The topological polar surface area (TPSA) is 71.1 Å². The van der Waals surface area contributed by atoms with Crippen molar-refractivity contribution in [3.8, 4) is 11.3 Å². The molecule has 1 aromatic heterocycles. The summed E-state index contributed by atoms with van der Waals surface area (Å²) < 4.78 is 0. The molecule has 2 N–H and O–H groups in total. The number of fused-ring (bicyclic) bond motifs is 1. The van der Waals surface area contributed by atoms with E-state index < -0.39 is 5.41 Å². The Morgan fingerprint density at radius 3 is 2.28 bits per heavy atom. The minimum absolute atomic E-state index is 0.0128. The summed E-state index contributed by atoms with van der Waals surface area (Å²) in [6.45, 7) is 2.61. The second-order valence-corrected chi connectivity index (χ2v) is 12.9. The molecule has 5 aromatic rings. The summed E-state index contributed by atoms with van der Waals surface area (Å²) in [5.74, 6) is 0.0286. The number of halogens is 1. The number of thiazole rings is 1. The standard InChI is InChI=1S/C36H30ClN3O2S/c1-36(20-30-26-9-2-4-11-28(26)32(36)29-12-5-3-10-27(29)30)34(42)40-35-39-31(21-43-35)23-7-6-8-24(19-23)33(41)38-18-17-22-13-15-25(37)16-14-22/h2-16,19,21,30,32H,17-18,20H2,1H3,(H,38,41)(H,39,40,42). The lowest BCUT2D eigenvalue weighted by molar-refractivity contribution is -0.126. The fraction of sp³-hybridized carbons (Fsp3) is 0.194. The van der Waals surface area contributed by atoms with Crippen LogP contribution >= 0.6 is 22.9 Å². The zero-order valence-corrected chi connectivity index (χ0v) is 25.2. The third-order valence-corrected chi connectivity index (χ3v) is 9.92. The maximum Gasteiger partial charge on any atom is 0.251 e. The highest BCUT2D eigenvalue weighted by Gasteiger charge is 2.54. The van der Waals surface area contributed by atoms with Gasteiger partial charge in [-0.2, -0.15) is 0 Å². The highest BCUT2D eigenvalue weighted by Crippen LogP contribution is 2.61. The van der Waals surface area contributed by atoms with E-state index in [4.69, 9.17) is 16.6 Å². The van der Waals surface area contributed by atoms with Crippen LogP contribution in [0, 0.1) is 5.41 Å². The predicted molar refractivity (Wildman–Crippen MR) is 173 cm³/mol. The Hall–Kier alpha value is -4.26. The lowest BCUT2D eigenvalue weighted by Crippen LogP contribution is -2.47. The molecule has 1 atom stereocenters. The average molecular weight is 604 g/mol. The van der Waals surface area contributed by atoms with Gasteiger partial charge >= 0.3 is 0 Å². The van der Waals surface area contributed by atoms with E-state index in [0.717, 1.165) is 29.7 Å². The first-order valence-electron chi connectivity index (χ1n) is 14.5. The van der Waals surface area contributed by atoms with Crippen molar-refractivity contribution in [2.24, 2.45) is 5.41 Å². The Bertz CT molecular complexity index is 1800. The second-order valence-electron chi connectivity index (χ2n) is 11.6. The van der Waals surface area contributed by atoms with Crippen LogP contribution in [-0.2, 0) is 11.2 Å². The first-order valence-corrected chi connectivity index (χ1v) is 15.7. The van der Waals surface area contributed by atoms with Gasteiger partial charge in [-0.05, 0) is 71.8 Å². The van der Waals surface area contributed by atoms with Crippen molar-refractivity contribution in [1.82, 2.24) is 10.3 Å². The van der Waals surface area contributed by atoms with Crippen molar-refractivity contribution < 1.29 is 9.59 Å². The fourth-order valence-corrected chi connectivity index (χ4v) is 7.63. The number of benzene rings is 4. The molecule has 8 rings (SSSR count). The smallest absolute Gasteiger partial charge is 0.251 e. The van der Waals surface area contributed by atoms with Gasteiger partial charge in [-0.15, -0.1) is 11.3 Å². The van der Waals surface area contributed by atoms with E-state index in [1.807, 2.05) is 47.8 Å². The molecule has 0 fully saturated rings. The number of carbonyl (C=O) groups excluding carboxylic acids is 2. The third kappa shape index (κ3) is 5.05. The zero-order chi connectivity index (χ0) is 29.6. The first-order chi connectivity index (χ1) is 20.9. The van der Waals surface area contributed by atoms with E-state index in [0.29, 0.717) is 22.3 Å². The zero-order valence-electron chi connectivity index (χ0n) is 23.6. The van der Waals surface area contributed by atoms with Gasteiger partial charge in [-0.25, -0.2) is 4.98 Å². The SMILES string of the molecule is CC1(C(=O)Nc2nc(-c3cccc(C(=O)NCCc4ccc(Cl)cc4)c3)cs2)CC2c3ccccc3C1c1ccccc12. The Kier molecular flexibility index (Phi) is 7.12. The Morgan fingerprint density at radius 1 is 0.907 bits per heavy atom. The van der Waals surface area contributed by atoms with E-state index in [-0.39, 0.29) is 23.7 Å². The van der Waals surface area contributed by atoms with Crippen LogP contribution in [0.4, 0.5) is 5.13 Å². The number of nitrogens with one attached hydrogen (secondary N) is 2. The minimum atomic E-state index is -0.608. The number of hydrogen-bond donors (Lipinski definition) is 2. The Morgan fingerprint density at radius 2 is 1.58 bits per heavy atom. The lowest BCUT2D eigenvalue weighted by Gasteiger charge is -2.50. The van der Waals surface area contributed by atoms with Crippen LogP contribution in [0.15, 0.2) is 102 Å². The van der Waals surface area contributed by atoms with Crippen LogP contribution in [0.25, 0.3) is 11.3 Å². The van der Waals surface area contributed by atoms with E-state index in [9.17, 15) is 9.59 Å². The molecule has 1 unspecified atom stereocenters. The molecule has 3 aliphatic carbocycles. The maximum atomic E-state index is 14.0. The Labute approximate surface area is 260 Å². The monoisotopic (exact) mass is 603 g/mol. The summed E-state index contributed by atoms with van der Waals surface area (Å²) in [7, 11) is 0. The number of hydrogen-bond acceptors (Lipinski definition) is 4. The second kappa shape index (κ2) is 11.1. The number of carbonyl (C=O) groups is 2. The number of anilines is 1. The highest BCUT2D eigenvalue weighted by molar-refractivity contribution is 7.14. The molecule has 0 saturated heterocycles.